The van der Waals surface area contributed by atoms with Gasteiger partial charge in [-0.05, 0) is 25.3 Å². The van der Waals surface area contributed by atoms with Crippen molar-refractivity contribution in [2.45, 2.75) is 19.8 Å². The molecule has 2 N–H and O–H groups in total. The number of nitrogens with one attached hydrogen (secondary N) is 1. The van der Waals surface area contributed by atoms with Gasteiger partial charge in [0.25, 0.3) is 0 Å². The molecule has 0 heterocycles. The van der Waals surface area contributed by atoms with Crippen LogP contribution in [0.5, 0.6) is 0 Å². The van der Waals surface area contributed by atoms with Gasteiger partial charge in [0, 0.05) is 6.54 Å². The smallest absolute Gasteiger partial charge is 0.307 e. The molecule has 1 fully saturated rings. The second kappa shape index (κ2) is 5.21. The van der Waals surface area contributed by atoms with Crippen molar-refractivity contribution in [3.8, 4) is 0 Å². The van der Waals surface area contributed by atoms with Gasteiger partial charge in [0.2, 0.25) is 5.91 Å². The number of benzene rings is 1. The van der Waals surface area contributed by atoms with Gasteiger partial charge in [-0.15, -0.1) is 0 Å². The van der Waals surface area contributed by atoms with E-state index in [1.54, 1.807) is 0 Å². The summed E-state index contributed by atoms with van der Waals surface area (Å²) in [6.07, 6.45) is 1.25. The SMILES string of the molecule is Cc1ccc(CCNC(=O)[C@@H]2C[C@@H]2C(=O)O)cc1. The van der Waals surface area contributed by atoms with Gasteiger partial charge in [-0.2, -0.15) is 0 Å². The standard InChI is InChI=1S/C14H17NO3/c1-9-2-4-10(5-3-9)6-7-15-13(16)11-8-12(11)14(17)18/h2-5,11-12H,6-8H2,1H3,(H,15,16)(H,17,18)/t11-,12+/m1/s1. The predicted molar refractivity (Wildman–Crippen MR) is 67.1 cm³/mol. The number of hydrogen-bond donors (Lipinski definition) is 2. The average Bonchev–Trinajstić information content (AvgIpc) is 3.11. The molecule has 1 aliphatic rings. The third kappa shape index (κ3) is 3.09. The van der Waals surface area contributed by atoms with Crippen LogP contribution in [-0.2, 0) is 16.0 Å². The summed E-state index contributed by atoms with van der Waals surface area (Å²) in [4.78, 5) is 22.2. The molecular formula is C14H17NO3. The van der Waals surface area contributed by atoms with Crippen molar-refractivity contribution in [1.82, 2.24) is 5.32 Å². The first-order valence-electron chi connectivity index (χ1n) is 6.14. The highest BCUT2D eigenvalue weighted by molar-refractivity contribution is 5.89. The predicted octanol–water partition coefficient (Wildman–Crippen LogP) is 1.37. The molecule has 18 heavy (non-hydrogen) atoms. The van der Waals surface area contributed by atoms with Crippen LogP contribution in [0.25, 0.3) is 0 Å². The number of amides is 1. The zero-order valence-electron chi connectivity index (χ0n) is 10.3. The maximum absolute atomic E-state index is 11.6. The lowest BCUT2D eigenvalue weighted by molar-refractivity contribution is -0.140. The quantitative estimate of drug-likeness (QED) is 0.826. The fraction of sp³-hybridized carbons (Fsp3) is 0.429. The summed E-state index contributed by atoms with van der Waals surface area (Å²) in [5.41, 5.74) is 2.39. The zero-order chi connectivity index (χ0) is 13.1. The molecule has 1 aliphatic carbocycles. The monoisotopic (exact) mass is 247 g/mol. The molecular weight excluding hydrogens is 230 g/mol. The van der Waals surface area contributed by atoms with Crippen LogP contribution in [0.2, 0.25) is 0 Å². The lowest BCUT2D eigenvalue weighted by Crippen LogP contribution is -2.28. The first-order chi connectivity index (χ1) is 8.58. The molecule has 0 spiro atoms. The van der Waals surface area contributed by atoms with Crippen LogP contribution in [0, 0.1) is 18.8 Å². The zero-order valence-corrected chi connectivity index (χ0v) is 10.3. The van der Waals surface area contributed by atoms with Gasteiger partial charge >= 0.3 is 5.97 Å². The first-order valence-corrected chi connectivity index (χ1v) is 6.14. The number of carboxylic acid groups (broad SMARTS) is 1. The third-order valence-electron chi connectivity index (χ3n) is 3.28. The van der Waals surface area contributed by atoms with Crippen molar-refractivity contribution in [2.24, 2.45) is 11.8 Å². The average molecular weight is 247 g/mol. The Balaban J connectivity index is 1.71. The second-order valence-electron chi connectivity index (χ2n) is 4.81. The molecule has 4 heteroatoms. The minimum Gasteiger partial charge on any atom is -0.481 e. The van der Waals surface area contributed by atoms with Crippen molar-refractivity contribution in [2.75, 3.05) is 6.54 Å². The second-order valence-corrected chi connectivity index (χ2v) is 4.81. The van der Waals surface area contributed by atoms with Gasteiger partial charge in [-0.25, -0.2) is 0 Å². The fourth-order valence-corrected chi connectivity index (χ4v) is 1.97. The fourth-order valence-electron chi connectivity index (χ4n) is 1.97. The Morgan fingerprint density at radius 1 is 1.28 bits per heavy atom. The Hall–Kier alpha value is -1.84. The number of rotatable bonds is 5. The Bertz CT molecular complexity index is 453. The molecule has 2 rings (SSSR count). The van der Waals surface area contributed by atoms with Gasteiger partial charge < -0.3 is 10.4 Å². The maximum atomic E-state index is 11.6. The van der Waals surface area contributed by atoms with E-state index < -0.39 is 11.9 Å². The highest BCUT2D eigenvalue weighted by atomic mass is 16.4. The van der Waals surface area contributed by atoms with Gasteiger partial charge in [-0.3, -0.25) is 9.59 Å². The minimum atomic E-state index is -0.867. The van der Waals surface area contributed by atoms with Crippen LogP contribution in [0.3, 0.4) is 0 Å². The number of hydrogen-bond acceptors (Lipinski definition) is 2. The molecule has 0 radical (unpaired) electrons. The van der Waals surface area contributed by atoms with E-state index in [0.29, 0.717) is 13.0 Å². The summed E-state index contributed by atoms with van der Waals surface area (Å²) < 4.78 is 0. The first kappa shape index (κ1) is 12.6. The number of carboxylic acids is 1. The molecule has 0 bridgehead atoms. The highest BCUT2D eigenvalue weighted by Gasteiger charge is 2.48. The number of aryl methyl sites for hydroxylation is 1. The van der Waals surface area contributed by atoms with Crippen molar-refractivity contribution in [3.63, 3.8) is 0 Å². The van der Waals surface area contributed by atoms with Gasteiger partial charge in [-0.1, -0.05) is 29.8 Å². The van der Waals surface area contributed by atoms with Crippen LogP contribution in [0.1, 0.15) is 17.5 Å². The molecule has 1 aromatic carbocycles. The molecule has 1 saturated carbocycles. The largest absolute Gasteiger partial charge is 0.481 e. The third-order valence-corrected chi connectivity index (χ3v) is 3.28. The van der Waals surface area contributed by atoms with Gasteiger partial charge in [0.1, 0.15) is 0 Å². The Labute approximate surface area is 106 Å². The van der Waals surface area contributed by atoms with E-state index in [9.17, 15) is 9.59 Å². The van der Waals surface area contributed by atoms with E-state index in [1.807, 2.05) is 31.2 Å². The van der Waals surface area contributed by atoms with Crippen molar-refractivity contribution >= 4 is 11.9 Å². The maximum Gasteiger partial charge on any atom is 0.307 e. The van der Waals surface area contributed by atoms with Crippen LogP contribution in [0.15, 0.2) is 24.3 Å². The van der Waals surface area contributed by atoms with E-state index >= 15 is 0 Å². The molecule has 0 aromatic heterocycles. The number of aliphatic carboxylic acids is 1. The summed E-state index contributed by atoms with van der Waals surface area (Å²) in [7, 11) is 0. The molecule has 96 valence electrons. The van der Waals surface area contributed by atoms with E-state index in [0.717, 1.165) is 6.42 Å². The van der Waals surface area contributed by atoms with E-state index in [1.165, 1.54) is 11.1 Å². The van der Waals surface area contributed by atoms with Crippen LogP contribution in [0.4, 0.5) is 0 Å². The summed E-state index contributed by atoms with van der Waals surface area (Å²) in [6.45, 7) is 2.59. The Kier molecular flexibility index (Phi) is 3.65. The molecule has 0 aliphatic heterocycles. The molecule has 0 saturated heterocycles. The summed E-state index contributed by atoms with van der Waals surface area (Å²) >= 11 is 0. The number of carbonyl (C=O) groups excluding carboxylic acids is 1. The molecule has 1 aromatic rings. The molecule has 0 unspecified atom stereocenters. The molecule has 1 amide bonds. The summed E-state index contributed by atoms with van der Waals surface area (Å²) in [5, 5.41) is 11.5. The van der Waals surface area contributed by atoms with Gasteiger partial charge in [0.15, 0.2) is 0 Å². The van der Waals surface area contributed by atoms with E-state index in [2.05, 4.69) is 5.32 Å². The molecule has 4 nitrogen and oxygen atoms in total. The van der Waals surface area contributed by atoms with Crippen LogP contribution in [-0.4, -0.2) is 23.5 Å². The normalized spacial score (nSPS) is 21.4. The molecule has 2 atom stereocenters. The van der Waals surface area contributed by atoms with E-state index in [-0.39, 0.29) is 11.8 Å². The summed E-state index contributed by atoms with van der Waals surface area (Å²) in [5.74, 6) is -1.78. The lowest BCUT2D eigenvalue weighted by Gasteiger charge is -2.05. The van der Waals surface area contributed by atoms with Crippen molar-refractivity contribution in [3.05, 3.63) is 35.4 Å². The van der Waals surface area contributed by atoms with Gasteiger partial charge in [0.05, 0.1) is 11.8 Å². The van der Waals surface area contributed by atoms with Crippen LogP contribution >= 0.6 is 0 Å². The van der Waals surface area contributed by atoms with Crippen molar-refractivity contribution < 1.29 is 14.7 Å². The van der Waals surface area contributed by atoms with Crippen molar-refractivity contribution in [1.29, 1.82) is 0 Å². The van der Waals surface area contributed by atoms with E-state index in [4.69, 9.17) is 5.11 Å². The minimum absolute atomic E-state index is 0.130. The topological polar surface area (TPSA) is 66.4 Å². The Morgan fingerprint density at radius 2 is 1.94 bits per heavy atom. The Morgan fingerprint density at radius 3 is 2.50 bits per heavy atom. The van der Waals surface area contributed by atoms with Crippen LogP contribution < -0.4 is 5.32 Å². The lowest BCUT2D eigenvalue weighted by atomic mass is 10.1. The number of carbonyl (C=O) groups is 2. The summed E-state index contributed by atoms with van der Waals surface area (Å²) in [6, 6.07) is 8.16. The highest BCUT2D eigenvalue weighted by Crippen LogP contribution is 2.38.